The van der Waals surface area contributed by atoms with Crippen LogP contribution in [0.25, 0.3) is 0 Å². The van der Waals surface area contributed by atoms with E-state index < -0.39 is 0 Å². The van der Waals surface area contributed by atoms with E-state index in [1.165, 1.54) is 0 Å². The smallest absolute Gasteiger partial charge is 0.141 e. The average Bonchev–Trinajstić information content (AvgIpc) is 1.41. The Balaban J connectivity index is 3.75. The summed E-state index contributed by atoms with van der Waals surface area (Å²) in [4.78, 5) is 0. The highest BCUT2D eigenvalue weighted by atomic mass is 32.1. The third-order valence-corrected chi connectivity index (χ3v) is 0.498. The second-order valence-corrected chi connectivity index (χ2v) is 0.892. The van der Waals surface area contributed by atoms with Crippen LogP contribution >= 0.6 is 0 Å². The fraction of sp³-hybridized carbons (Fsp3) is 0.333. The summed E-state index contributed by atoms with van der Waals surface area (Å²) in [5.41, 5.74) is 0. The fourth-order valence-electron chi connectivity index (χ4n) is 0.0481. The predicted octanol–water partition coefficient (Wildman–Crippen LogP) is 0.177. The monoisotopic (exact) mass is 88.0 g/mol. The first-order valence-electron chi connectivity index (χ1n) is 1.24. The van der Waals surface area contributed by atoms with Crippen LogP contribution in [0.3, 0.4) is 0 Å². The van der Waals surface area contributed by atoms with Gasteiger partial charge in [-0.05, 0) is 18.0 Å². The van der Waals surface area contributed by atoms with E-state index in [-0.39, 0.29) is 0 Å². The van der Waals surface area contributed by atoms with Crippen LogP contribution in [0.5, 0.6) is 0 Å². The van der Waals surface area contributed by atoms with Crippen LogP contribution in [-0.2, 0) is 11.3 Å². The maximum atomic E-state index is 9.30. The minimum Gasteiger partial charge on any atom is -0.203 e. The van der Waals surface area contributed by atoms with Gasteiger partial charge >= 0.3 is 0 Å². The lowest BCUT2D eigenvalue weighted by Gasteiger charge is -1.36. The summed E-state index contributed by atoms with van der Waals surface area (Å²) in [6, 6.07) is 0. The standard InChI is InChI=1S/C3H4OS/c1-2-3-5-4/h2H,1H3. The molecule has 0 aliphatic carbocycles. The van der Waals surface area contributed by atoms with Crippen molar-refractivity contribution in [3.63, 3.8) is 0 Å². The Labute approximate surface area is 34.4 Å². The van der Waals surface area contributed by atoms with Crippen molar-refractivity contribution in [2.75, 3.05) is 0 Å². The van der Waals surface area contributed by atoms with Crippen LogP contribution in [0, 0.1) is 0 Å². The highest BCUT2D eigenvalue weighted by Crippen LogP contribution is 1.38. The molecule has 0 rings (SSSR count). The van der Waals surface area contributed by atoms with Crippen molar-refractivity contribution >= 4 is 16.3 Å². The molecule has 0 fully saturated rings. The zero-order chi connectivity index (χ0) is 4.12. The van der Waals surface area contributed by atoms with Crippen molar-refractivity contribution in [3.8, 4) is 0 Å². The van der Waals surface area contributed by atoms with Gasteiger partial charge in [-0.25, -0.2) is 4.21 Å². The lowest BCUT2D eigenvalue weighted by Crippen LogP contribution is -1.39. The molecule has 0 saturated heterocycles. The molecule has 2 heteroatoms. The lowest BCUT2D eigenvalue weighted by atomic mass is 10.8. The van der Waals surface area contributed by atoms with Crippen LogP contribution in [0.15, 0.2) is 6.08 Å². The first-order chi connectivity index (χ1) is 2.41. The van der Waals surface area contributed by atoms with Crippen LogP contribution in [0.4, 0.5) is 0 Å². The van der Waals surface area contributed by atoms with Crippen molar-refractivity contribution in [1.29, 1.82) is 0 Å². The third-order valence-electron chi connectivity index (χ3n) is 0.166. The molecular weight excluding hydrogens is 84.1 g/mol. The van der Waals surface area contributed by atoms with Crippen molar-refractivity contribution in [3.05, 3.63) is 6.08 Å². The second kappa shape index (κ2) is 3.67. The maximum Gasteiger partial charge on any atom is 0.141 e. The molecule has 0 spiro atoms. The van der Waals surface area contributed by atoms with Gasteiger partial charge in [0.05, 0.1) is 0 Å². The summed E-state index contributed by atoms with van der Waals surface area (Å²) in [5.74, 6) is 0. The van der Waals surface area contributed by atoms with Crippen LogP contribution in [0.2, 0.25) is 0 Å². The molecule has 28 valence electrons. The lowest BCUT2D eigenvalue weighted by molar-refractivity contribution is 0.701. The van der Waals surface area contributed by atoms with Gasteiger partial charge < -0.3 is 0 Å². The van der Waals surface area contributed by atoms with E-state index in [4.69, 9.17) is 0 Å². The second-order valence-electron chi connectivity index (χ2n) is 0.490. The minimum atomic E-state index is 0.346. The molecule has 0 aliphatic heterocycles. The Morgan fingerprint density at radius 2 is 2.60 bits per heavy atom. The molecule has 0 aromatic carbocycles. The van der Waals surface area contributed by atoms with Gasteiger partial charge in [0.25, 0.3) is 0 Å². The normalized spacial score (nSPS) is 5.00. The Morgan fingerprint density at radius 3 is 2.60 bits per heavy atom. The van der Waals surface area contributed by atoms with E-state index in [0.717, 1.165) is 0 Å². The van der Waals surface area contributed by atoms with Crippen molar-refractivity contribution in [1.82, 2.24) is 0 Å². The van der Waals surface area contributed by atoms with Crippen molar-refractivity contribution in [2.24, 2.45) is 0 Å². The summed E-state index contributed by atoms with van der Waals surface area (Å²) in [6.45, 7) is 1.75. The highest BCUT2D eigenvalue weighted by Gasteiger charge is 1.34. The average molecular weight is 88.1 g/mol. The Kier molecular flexibility index (Phi) is 3.43. The van der Waals surface area contributed by atoms with E-state index in [1.54, 1.807) is 13.0 Å². The largest absolute Gasteiger partial charge is 0.203 e. The Bertz CT molecular complexity index is 85.1. The molecule has 0 amide bonds. The molecule has 0 heterocycles. The number of hydrogen-bond donors (Lipinski definition) is 0. The zero-order valence-electron chi connectivity index (χ0n) is 2.89. The van der Waals surface area contributed by atoms with Gasteiger partial charge in [0.1, 0.15) is 11.3 Å². The van der Waals surface area contributed by atoms with Crippen LogP contribution < -0.4 is 0 Å². The topological polar surface area (TPSA) is 17.1 Å². The zero-order valence-corrected chi connectivity index (χ0v) is 3.71. The molecule has 0 unspecified atom stereocenters. The fourth-order valence-corrected chi connectivity index (χ4v) is 0.144. The van der Waals surface area contributed by atoms with Gasteiger partial charge in [0.2, 0.25) is 0 Å². The SMILES string of the molecule is CC=C=S=O. The van der Waals surface area contributed by atoms with Gasteiger partial charge in [0, 0.05) is 0 Å². The van der Waals surface area contributed by atoms with Gasteiger partial charge in [-0.2, -0.15) is 0 Å². The van der Waals surface area contributed by atoms with E-state index >= 15 is 0 Å². The van der Waals surface area contributed by atoms with Crippen LogP contribution in [0.1, 0.15) is 6.92 Å². The molecule has 0 aromatic rings. The third kappa shape index (κ3) is 3.67. The molecule has 0 bridgehead atoms. The van der Waals surface area contributed by atoms with E-state index in [2.05, 4.69) is 5.02 Å². The minimum absolute atomic E-state index is 0.346. The molecule has 1 nitrogen and oxygen atoms in total. The molecule has 0 aliphatic rings. The molecule has 5 heavy (non-hydrogen) atoms. The van der Waals surface area contributed by atoms with Crippen LogP contribution in [-0.4, -0.2) is 9.23 Å². The van der Waals surface area contributed by atoms with Crippen molar-refractivity contribution < 1.29 is 4.21 Å². The first-order valence-corrected chi connectivity index (χ1v) is 1.98. The molecule has 0 radical (unpaired) electrons. The molecule has 0 aromatic heterocycles. The summed E-state index contributed by atoms with van der Waals surface area (Å²) >= 11 is 0.346. The summed E-state index contributed by atoms with van der Waals surface area (Å²) in [6.07, 6.45) is 1.58. The Morgan fingerprint density at radius 1 is 2.00 bits per heavy atom. The summed E-state index contributed by atoms with van der Waals surface area (Å²) < 4.78 is 9.30. The van der Waals surface area contributed by atoms with Gasteiger partial charge in [-0.1, -0.05) is 0 Å². The quantitative estimate of drug-likeness (QED) is 0.386. The number of hydrogen-bond acceptors (Lipinski definition) is 1. The van der Waals surface area contributed by atoms with Gasteiger partial charge in [-0.15, -0.1) is 0 Å². The first kappa shape index (κ1) is 4.67. The number of rotatable bonds is 0. The summed E-state index contributed by atoms with van der Waals surface area (Å²) in [5, 5.41) is 2.35. The van der Waals surface area contributed by atoms with E-state index in [1.807, 2.05) is 0 Å². The molecule has 0 atom stereocenters. The summed E-state index contributed by atoms with van der Waals surface area (Å²) in [7, 11) is 0. The molecular formula is C3H4OS. The molecule has 0 saturated carbocycles. The van der Waals surface area contributed by atoms with Gasteiger partial charge in [0.15, 0.2) is 0 Å². The molecule has 0 N–H and O–H groups in total. The highest BCUT2D eigenvalue weighted by molar-refractivity contribution is 7.64. The number of allylic oxidation sites excluding steroid dienone is 1. The Hall–Kier alpha value is -0.330. The van der Waals surface area contributed by atoms with E-state index in [0.29, 0.717) is 11.3 Å². The van der Waals surface area contributed by atoms with Crippen molar-refractivity contribution in [2.45, 2.75) is 6.92 Å². The van der Waals surface area contributed by atoms with E-state index in [9.17, 15) is 4.21 Å². The maximum absolute atomic E-state index is 9.30. The van der Waals surface area contributed by atoms with Gasteiger partial charge in [-0.3, -0.25) is 0 Å². The predicted molar refractivity (Wildman–Crippen MR) is 23.4 cm³/mol.